The molecule has 1 saturated heterocycles. The molecule has 1 heterocycles. The molecule has 5 N–H and O–H groups in total. The smallest absolute Gasteiger partial charge is 0.243 e. The van der Waals surface area contributed by atoms with Crippen LogP contribution in [0.25, 0.3) is 0 Å². The lowest BCUT2D eigenvalue weighted by atomic mass is 9.98. The van der Waals surface area contributed by atoms with Crippen molar-refractivity contribution in [1.29, 1.82) is 0 Å². The summed E-state index contributed by atoms with van der Waals surface area (Å²) in [7, 11) is 0. The molecule has 0 radical (unpaired) electrons. The molecule has 5 amide bonds. The molecule has 0 bridgehead atoms. The summed E-state index contributed by atoms with van der Waals surface area (Å²) >= 11 is 0. The van der Waals surface area contributed by atoms with Crippen molar-refractivity contribution in [2.24, 2.45) is 23.7 Å². The first-order valence-corrected chi connectivity index (χ1v) is 15.7. The molecule has 1 aromatic rings. The number of carbonyl (C=O) groups is 5. The number of hydrogen-bond acceptors (Lipinski definition) is 5. The molecule has 240 valence electrons. The maximum atomic E-state index is 13.8. The first-order chi connectivity index (χ1) is 20.2. The first-order valence-electron chi connectivity index (χ1n) is 15.7. The van der Waals surface area contributed by atoms with Crippen molar-refractivity contribution in [3.05, 3.63) is 35.9 Å². The predicted octanol–water partition coefficient (Wildman–Crippen LogP) is 2.85. The minimum Gasteiger partial charge on any atom is -0.343 e. The topological polar surface area (TPSA) is 146 Å². The predicted molar refractivity (Wildman–Crippen MR) is 168 cm³/mol. The third kappa shape index (κ3) is 12.4. The first kappa shape index (κ1) is 35.8. The molecule has 0 aliphatic carbocycles. The van der Waals surface area contributed by atoms with E-state index in [1.165, 1.54) is 0 Å². The standard InChI is InChI=1S/C33H53N5O5/c1-19(2)14-24-29(39)34-25(15-20(3)4)30(40)36-27(17-22(7)8)32(42)38-28(18-23-12-10-9-11-13-23)33(43)37-26(16-21(5)6)31(41)35-24/h9-13,19-22,24-28H,14-18H2,1-8H3,(H,34,39)(H,35,41)(H,36,40)(H,37,43)(H,38,42)/t24-,25-,26-,27-,28+/m0/s1. The summed E-state index contributed by atoms with van der Waals surface area (Å²) in [6.07, 6.45) is 1.57. The number of amides is 5. The molecule has 1 aliphatic heterocycles. The SMILES string of the molecule is CC(C)C[C@@H]1NC(=O)[C@H](CC(C)C)NC(=O)[C@H](CC(C)C)NC(=O)[C@@H](Cc2ccccc2)NC(=O)[C@H](CC(C)C)NC1=O. The molecule has 0 aromatic heterocycles. The number of carbonyl (C=O) groups excluding carboxylic acids is 5. The fraction of sp³-hybridized carbons (Fsp3) is 0.667. The normalized spacial score (nSPS) is 24.7. The van der Waals surface area contributed by atoms with E-state index < -0.39 is 59.7 Å². The Hall–Kier alpha value is -3.43. The van der Waals surface area contributed by atoms with E-state index in [-0.39, 0.29) is 30.1 Å². The molecule has 0 unspecified atom stereocenters. The molecule has 1 aliphatic rings. The van der Waals surface area contributed by atoms with Crippen molar-refractivity contribution in [2.75, 3.05) is 0 Å². The van der Waals surface area contributed by atoms with Crippen molar-refractivity contribution in [2.45, 2.75) is 118 Å². The Morgan fingerprint density at radius 3 is 0.977 bits per heavy atom. The van der Waals surface area contributed by atoms with Crippen LogP contribution in [0, 0.1) is 23.7 Å². The summed E-state index contributed by atoms with van der Waals surface area (Å²) in [5.74, 6) is -2.17. The number of benzene rings is 1. The molecule has 0 saturated carbocycles. The van der Waals surface area contributed by atoms with Crippen LogP contribution in [0.4, 0.5) is 0 Å². The zero-order valence-electron chi connectivity index (χ0n) is 27.2. The van der Waals surface area contributed by atoms with Crippen LogP contribution in [-0.2, 0) is 30.4 Å². The molecule has 43 heavy (non-hydrogen) atoms. The average molecular weight is 600 g/mol. The Morgan fingerprint density at radius 1 is 0.442 bits per heavy atom. The zero-order chi connectivity index (χ0) is 32.3. The lowest BCUT2D eigenvalue weighted by molar-refractivity contribution is -0.134. The van der Waals surface area contributed by atoms with Crippen LogP contribution in [-0.4, -0.2) is 59.7 Å². The van der Waals surface area contributed by atoms with Gasteiger partial charge in [0.25, 0.3) is 0 Å². The highest BCUT2D eigenvalue weighted by molar-refractivity contribution is 5.98. The lowest BCUT2D eigenvalue weighted by Crippen LogP contribution is -2.58. The highest BCUT2D eigenvalue weighted by atomic mass is 16.2. The van der Waals surface area contributed by atoms with Crippen LogP contribution < -0.4 is 26.6 Å². The third-order valence-corrected chi connectivity index (χ3v) is 7.28. The van der Waals surface area contributed by atoms with Gasteiger partial charge in [0.1, 0.15) is 30.2 Å². The lowest BCUT2D eigenvalue weighted by Gasteiger charge is -2.27. The van der Waals surface area contributed by atoms with Crippen molar-refractivity contribution < 1.29 is 24.0 Å². The molecule has 10 nitrogen and oxygen atoms in total. The van der Waals surface area contributed by atoms with Gasteiger partial charge in [-0.05, 0) is 54.9 Å². The Morgan fingerprint density at radius 2 is 0.698 bits per heavy atom. The van der Waals surface area contributed by atoms with Crippen LogP contribution in [0.15, 0.2) is 30.3 Å². The minimum absolute atomic E-state index is 0.0605. The van der Waals surface area contributed by atoms with Gasteiger partial charge < -0.3 is 26.6 Å². The molecule has 0 spiro atoms. The van der Waals surface area contributed by atoms with Gasteiger partial charge in [0.05, 0.1) is 0 Å². The van der Waals surface area contributed by atoms with Gasteiger partial charge in [0, 0.05) is 6.42 Å². The van der Waals surface area contributed by atoms with Gasteiger partial charge in [-0.3, -0.25) is 24.0 Å². The van der Waals surface area contributed by atoms with E-state index >= 15 is 0 Å². The second-order valence-electron chi connectivity index (χ2n) is 13.5. The van der Waals surface area contributed by atoms with E-state index in [9.17, 15) is 24.0 Å². The van der Waals surface area contributed by atoms with Gasteiger partial charge in [0.15, 0.2) is 0 Å². The van der Waals surface area contributed by atoms with Crippen LogP contribution in [0.3, 0.4) is 0 Å². The Kier molecular flexibility index (Phi) is 14.1. The van der Waals surface area contributed by atoms with Crippen molar-refractivity contribution in [1.82, 2.24) is 26.6 Å². The summed E-state index contributed by atoms with van der Waals surface area (Å²) in [6, 6.07) is 4.66. The molecule has 1 fully saturated rings. The van der Waals surface area contributed by atoms with Crippen LogP contribution in [0.2, 0.25) is 0 Å². The van der Waals surface area contributed by atoms with E-state index in [1.807, 2.05) is 85.7 Å². The van der Waals surface area contributed by atoms with Gasteiger partial charge in [-0.15, -0.1) is 0 Å². The fourth-order valence-electron chi connectivity index (χ4n) is 5.23. The van der Waals surface area contributed by atoms with Crippen molar-refractivity contribution in [3.8, 4) is 0 Å². The average Bonchev–Trinajstić information content (AvgIpc) is 2.90. The summed E-state index contributed by atoms with van der Waals surface area (Å²) in [5.41, 5.74) is 0.832. The molecular weight excluding hydrogens is 546 g/mol. The second kappa shape index (κ2) is 17.0. The van der Waals surface area contributed by atoms with Crippen molar-refractivity contribution >= 4 is 29.5 Å². The van der Waals surface area contributed by atoms with E-state index in [4.69, 9.17) is 0 Å². The van der Waals surface area contributed by atoms with Gasteiger partial charge in [-0.25, -0.2) is 0 Å². The van der Waals surface area contributed by atoms with Gasteiger partial charge in [-0.2, -0.15) is 0 Å². The molecule has 1 aromatic carbocycles. The summed E-state index contributed by atoms with van der Waals surface area (Å²) in [4.78, 5) is 68.2. The Labute approximate surface area is 257 Å². The maximum Gasteiger partial charge on any atom is 0.243 e. The van der Waals surface area contributed by atoms with E-state index in [0.29, 0.717) is 25.7 Å². The number of hydrogen-bond donors (Lipinski definition) is 5. The molecule has 5 atom stereocenters. The number of nitrogens with one attached hydrogen (secondary N) is 5. The van der Waals surface area contributed by atoms with Gasteiger partial charge >= 0.3 is 0 Å². The molecule has 10 heteroatoms. The summed E-state index contributed by atoms with van der Waals surface area (Å²) in [5, 5.41) is 14.3. The van der Waals surface area contributed by atoms with E-state index in [1.54, 1.807) is 0 Å². The number of rotatable bonds is 10. The van der Waals surface area contributed by atoms with E-state index in [0.717, 1.165) is 5.56 Å². The van der Waals surface area contributed by atoms with Crippen LogP contribution in [0.5, 0.6) is 0 Å². The van der Waals surface area contributed by atoms with Gasteiger partial charge in [-0.1, -0.05) is 85.7 Å². The highest BCUT2D eigenvalue weighted by Crippen LogP contribution is 2.14. The molecular formula is C33H53N5O5. The van der Waals surface area contributed by atoms with E-state index in [2.05, 4.69) is 26.6 Å². The summed E-state index contributed by atoms with van der Waals surface area (Å²) < 4.78 is 0. The van der Waals surface area contributed by atoms with Crippen molar-refractivity contribution in [3.63, 3.8) is 0 Å². The second-order valence-corrected chi connectivity index (χ2v) is 13.5. The Balaban J connectivity index is 2.60. The quantitative estimate of drug-likeness (QED) is 0.281. The highest BCUT2D eigenvalue weighted by Gasteiger charge is 2.35. The Bertz CT molecular complexity index is 1070. The van der Waals surface area contributed by atoms with Crippen LogP contribution in [0.1, 0.15) is 86.6 Å². The van der Waals surface area contributed by atoms with Crippen LogP contribution >= 0.6 is 0 Å². The third-order valence-electron chi connectivity index (χ3n) is 7.28. The van der Waals surface area contributed by atoms with Gasteiger partial charge in [0.2, 0.25) is 29.5 Å². The molecule has 2 rings (SSSR count). The largest absolute Gasteiger partial charge is 0.343 e. The fourth-order valence-corrected chi connectivity index (χ4v) is 5.23. The maximum absolute atomic E-state index is 13.8. The minimum atomic E-state index is -0.994. The zero-order valence-corrected chi connectivity index (χ0v) is 27.2. The monoisotopic (exact) mass is 599 g/mol. The summed E-state index contributed by atoms with van der Waals surface area (Å²) in [6.45, 7) is 15.6.